The number of rotatable bonds is 8. The Morgan fingerprint density at radius 1 is 1.31 bits per heavy atom. The van der Waals surface area contributed by atoms with E-state index in [1.54, 1.807) is 18.4 Å². The van der Waals surface area contributed by atoms with Gasteiger partial charge in [-0.05, 0) is 42.5 Å². The number of aryl methyl sites for hydroxylation is 1. The van der Waals surface area contributed by atoms with Gasteiger partial charge in [0.15, 0.2) is 0 Å². The lowest BCUT2D eigenvalue weighted by molar-refractivity contribution is -0.122. The summed E-state index contributed by atoms with van der Waals surface area (Å²) in [5.74, 6) is 1.34. The van der Waals surface area contributed by atoms with Crippen LogP contribution in [0.2, 0.25) is 0 Å². The van der Waals surface area contributed by atoms with Gasteiger partial charge < -0.3 is 14.6 Å². The highest BCUT2D eigenvalue weighted by Gasteiger charge is 2.21. The number of hydrogen-bond donors (Lipinski definition) is 1. The van der Waals surface area contributed by atoms with Gasteiger partial charge in [-0.25, -0.2) is 0 Å². The number of carbonyl (C=O) groups excluding carboxylic acids is 1. The van der Waals surface area contributed by atoms with E-state index in [1.807, 2.05) is 48.7 Å². The molecule has 5 nitrogen and oxygen atoms in total. The summed E-state index contributed by atoms with van der Waals surface area (Å²) in [6, 6.07) is 13.7. The van der Waals surface area contributed by atoms with E-state index in [0.717, 1.165) is 22.8 Å². The van der Waals surface area contributed by atoms with Crippen LogP contribution >= 0.6 is 11.3 Å². The van der Waals surface area contributed by atoms with Crippen LogP contribution in [0.25, 0.3) is 0 Å². The fraction of sp³-hybridized carbons (Fsp3) is 0.300. The molecule has 0 aliphatic carbocycles. The lowest BCUT2D eigenvalue weighted by Gasteiger charge is -2.17. The molecule has 0 saturated carbocycles. The van der Waals surface area contributed by atoms with Crippen LogP contribution < -0.4 is 10.1 Å². The Labute approximate surface area is 157 Å². The van der Waals surface area contributed by atoms with E-state index in [2.05, 4.69) is 16.5 Å². The number of ether oxygens (including phenoxy) is 1. The molecule has 0 bridgehead atoms. The Kier molecular flexibility index (Phi) is 6.07. The molecule has 6 heteroatoms. The number of thiophene rings is 1. The second-order valence-electron chi connectivity index (χ2n) is 6.08. The van der Waals surface area contributed by atoms with E-state index < -0.39 is 0 Å². The highest BCUT2D eigenvalue weighted by atomic mass is 32.1. The minimum atomic E-state index is -0.237. The first-order valence-corrected chi connectivity index (χ1v) is 9.40. The molecule has 1 aromatic carbocycles. The number of benzene rings is 1. The van der Waals surface area contributed by atoms with E-state index in [-0.39, 0.29) is 11.8 Å². The maximum atomic E-state index is 12.8. The summed E-state index contributed by atoms with van der Waals surface area (Å²) >= 11 is 1.67. The number of carbonyl (C=O) groups is 1. The van der Waals surface area contributed by atoms with Gasteiger partial charge in [-0.3, -0.25) is 4.79 Å². The third-order valence-corrected chi connectivity index (χ3v) is 5.08. The third-order valence-electron chi connectivity index (χ3n) is 4.18. The first-order chi connectivity index (χ1) is 12.7. The summed E-state index contributed by atoms with van der Waals surface area (Å²) in [4.78, 5) is 14.0. The van der Waals surface area contributed by atoms with Crippen molar-refractivity contribution in [2.75, 3.05) is 13.7 Å². The van der Waals surface area contributed by atoms with Crippen molar-refractivity contribution >= 4 is 17.2 Å². The number of aromatic nitrogens is 1. The Morgan fingerprint density at radius 3 is 2.73 bits per heavy atom. The molecule has 3 aromatic rings. The molecule has 0 spiro atoms. The standard InChI is InChI=1S/C20H22N2O3S/c1-14-12-16(22-25-14)9-10-21-20(23)19(13-18-4-3-11-26-18)15-5-7-17(24-2)8-6-15/h3-8,11-12,19H,9-10,13H2,1-2H3,(H,21,23). The molecule has 136 valence electrons. The van der Waals surface area contributed by atoms with Gasteiger partial charge >= 0.3 is 0 Å². The Bertz CT molecular complexity index is 825. The minimum Gasteiger partial charge on any atom is -0.497 e. The second-order valence-corrected chi connectivity index (χ2v) is 7.11. The average molecular weight is 370 g/mol. The Hall–Kier alpha value is -2.60. The van der Waals surface area contributed by atoms with Crippen LogP contribution in [0.5, 0.6) is 5.75 Å². The zero-order chi connectivity index (χ0) is 18.4. The van der Waals surface area contributed by atoms with Gasteiger partial charge in [-0.15, -0.1) is 11.3 Å². The Morgan fingerprint density at radius 2 is 2.12 bits per heavy atom. The monoisotopic (exact) mass is 370 g/mol. The SMILES string of the molecule is COc1ccc(C(Cc2cccs2)C(=O)NCCc2cc(C)on2)cc1. The third kappa shape index (κ3) is 4.73. The molecule has 0 aliphatic heterocycles. The van der Waals surface area contributed by atoms with Crippen molar-refractivity contribution in [2.45, 2.75) is 25.7 Å². The largest absolute Gasteiger partial charge is 0.497 e. The average Bonchev–Trinajstić information content (AvgIpc) is 3.31. The molecule has 0 aliphatic rings. The van der Waals surface area contributed by atoms with Crippen molar-refractivity contribution in [2.24, 2.45) is 0 Å². The zero-order valence-electron chi connectivity index (χ0n) is 14.9. The van der Waals surface area contributed by atoms with Crippen molar-refractivity contribution in [3.05, 3.63) is 69.7 Å². The second kappa shape index (κ2) is 8.67. The highest BCUT2D eigenvalue weighted by Crippen LogP contribution is 2.25. The smallest absolute Gasteiger partial charge is 0.227 e. The number of nitrogens with one attached hydrogen (secondary N) is 1. The summed E-state index contributed by atoms with van der Waals surface area (Å²) in [7, 11) is 1.64. The molecule has 0 radical (unpaired) electrons. The molecule has 1 unspecified atom stereocenters. The van der Waals surface area contributed by atoms with Gasteiger partial charge in [-0.1, -0.05) is 23.4 Å². The molecule has 1 atom stereocenters. The molecular weight excluding hydrogens is 348 g/mol. The van der Waals surface area contributed by atoms with E-state index in [0.29, 0.717) is 19.4 Å². The van der Waals surface area contributed by atoms with E-state index >= 15 is 0 Å². The van der Waals surface area contributed by atoms with Crippen LogP contribution in [0.4, 0.5) is 0 Å². The van der Waals surface area contributed by atoms with Crippen LogP contribution in [0.3, 0.4) is 0 Å². The normalized spacial score (nSPS) is 11.9. The van der Waals surface area contributed by atoms with Crippen molar-refractivity contribution in [3.63, 3.8) is 0 Å². The lowest BCUT2D eigenvalue weighted by Crippen LogP contribution is -2.32. The molecule has 0 saturated heterocycles. The fourth-order valence-electron chi connectivity index (χ4n) is 2.80. The van der Waals surface area contributed by atoms with Gasteiger partial charge in [0.2, 0.25) is 5.91 Å². The van der Waals surface area contributed by atoms with Crippen LogP contribution in [0, 0.1) is 6.92 Å². The van der Waals surface area contributed by atoms with E-state index in [1.165, 1.54) is 4.88 Å². The van der Waals surface area contributed by atoms with Gasteiger partial charge in [0.05, 0.1) is 18.7 Å². The van der Waals surface area contributed by atoms with E-state index in [9.17, 15) is 4.79 Å². The quantitative estimate of drug-likeness (QED) is 0.656. The Balaban J connectivity index is 1.67. The number of amides is 1. The predicted octanol–water partition coefficient (Wildman–Crippen LogP) is 3.74. The molecule has 1 amide bonds. The van der Waals surface area contributed by atoms with Crippen molar-refractivity contribution in [3.8, 4) is 5.75 Å². The summed E-state index contributed by atoms with van der Waals surface area (Å²) < 4.78 is 10.3. The van der Waals surface area contributed by atoms with Gasteiger partial charge in [0, 0.05) is 23.9 Å². The van der Waals surface area contributed by atoms with Crippen LogP contribution in [-0.4, -0.2) is 24.7 Å². The number of nitrogens with zero attached hydrogens (tertiary/aromatic N) is 1. The minimum absolute atomic E-state index is 0.0174. The predicted molar refractivity (Wildman–Crippen MR) is 102 cm³/mol. The van der Waals surface area contributed by atoms with Gasteiger partial charge in [0.25, 0.3) is 0 Å². The number of methoxy groups -OCH3 is 1. The first kappa shape index (κ1) is 18.2. The molecule has 0 fully saturated rings. The van der Waals surface area contributed by atoms with Crippen LogP contribution in [0.1, 0.15) is 27.8 Å². The summed E-state index contributed by atoms with van der Waals surface area (Å²) in [6.45, 7) is 2.39. The number of hydrogen-bond acceptors (Lipinski definition) is 5. The van der Waals surface area contributed by atoms with Crippen molar-refractivity contribution in [1.82, 2.24) is 10.5 Å². The zero-order valence-corrected chi connectivity index (χ0v) is 15.7. The van der Waals surface area contributed by atoms with Crippen LogP contribution in [-0.2, 0) is 17.6 Å². The molecule has 2 heterocycles. The topological polar surface area (TPSA) is 64.4 Å². The lowest BCUT2D eigenvalue weighted by atomic mass is 9.94. The van der Waals surface area contributed by atoms with Crippen molar-refractivity contribution in [1.29, 1.82) is 0 Å². The van der Waals surface area contributed by atoms with Crippen LogP contribution in [0.15, 0.2) is 52.4 Å². The molecular formula is C20H22N2O3S. The molecule has 3 rings (SSSR count). The first-order valence-electron chi connectivity index (χ1n) is 8.52. The van der Waals surface area contributed by atoms with Gasteiger partial charge in [0.1, 0.15) is 11.5 Å². The maximum absolute atomic E-state index is 12.8. The van der Waals surface area contributed by atoms with Crippen molar-refractivity contribution < 1.29 is 14.1 Å². The summed E-state index contributed by atoms with van der Waals surface area (Å²) in [5.41, 5.74) is 1.83. The summed E-state index contributed by atoms with van der Waals surface area (Å²) in [6.07, 6.45) is 1.33. The highest BCUT2D eigenvalue weighted by molar-refractivity contribution is 7.09. The maximum Gasteiger partial charge on any atom is 0.227 e. The molecule has 1 N–H and O–H groups in total. The molecule has 26 heavy (non-hydrogen) atoms. The summed E-state index contributed by atoms with van der Waals surface area (Å²) in [5, 5.41) is 9.02. The van der Waals surface area contributed by atoms with Gasteiger partial charge in [-0.2, -0.15) is 0 Å². The fourth-order valence-corrected chi connectivity index (χ4v) is 3.55. The van der Waals surface area contributed by atoms with E-state index in [4.69, 9.17) is 9.26 Å². The molecule has 2 aromatic heterocycles.